The smallest absolute Gasteiger partial charge is 0.254 e. The molecule has 0 atom stereocenters. The highest BCUT2D eigenvalue weighted by Crippen LogP contribution is 2.11. The molecule has 2 N–H and O–H groups in total. The fourth-order valence-electron chi connectivity index (χ4n) is 1.33. The van der Waals surface area contributed by atoms with Crippen LogP contribution in [0.25, 0.3) is 0 Å². The van der Waals surface area contributed by atoms with Crippen LogP contribution in [-0.2, 0) is 0 Å². The van der Waals surface area contributed by atoms with E-state index in [4.69, 9.17) is 5.11 Å². The van der Waals surface area contributed by atoms with Crippen LogP contribution < -0.4 is 5.32 Å². The predicted octanol–water partition coefficient (Wildman–Crippen LogP) is 1.70. The highest BCUT2D eigenvalue weighted by molar-refractivity contribution is 5.95. The third kappa shape index (κ3) is 4.19. The number of halogens is 1. The summed E-state index contributed by atoms with van der Waals surface area (Å²) in [5, 5.41) is 11.2. The zero-order chi connectivity index (χ0) is 13.8. The minimum Gasteiger partial charge on any atom is -0.384 e. The summed E-state index contributed by atoms with van der Waals surface area (Å²) >= 11 is 0. The molecule has 1 amide bonds. The minimum absolute atomic E-state index is 0.0144. The molecule has 0 saturated heterocycles. The summed E-state index contributed by atoms with van der Waals surface area (Å²) in [4.78, 5) is 11.8. The van der Waals surface area contributed by atoms with Crippen LogP contribution in [0.1, 0.15) is 36.7 Å². The van der Waals surface area contributed by atoms with Crippen LogP contribution in [-0.4, -0.2) is 23.2 Å². The number of carbonyl (C=O) groups excluding carboxylic acids is 1. The van der Waals surface area contributed by atoms with Crippen LogP contribution >= 0.6 is 0 Å². The van der Waals surface area contributed by atoms with Crippen molar-refractivity contribution >= 4 is 5.91 Å². The molecule has 3 nitrogen and oxygen atoms in total. The number of rotatable bonds is 1. The number of hydrogen-bond donors (Lipinski definition) is 2. The molecule has 0 aliphatic heterocycles. The summed E-state index contributed by atoms with van der Waals surface area (Å²) in [6.45, 7) is 5.19. The first-order chi connectivity index (χ1) is 8.33. The van der Waals surface area contributed by atoms with E-state index < -0.39 is 17.3 Å². The Bertz CT molecular complexity index is 507. The second-order valence-corrected chi connectivity index (χ2v) is 4.86. The van der Waals surface area contributed by atoms with Crippen molar-refractivity contribution in [3.8, 4) is 11.8 Å². The molecule has 0 unspecified atom stereocenters. The van der Waals surface area contributed by atoms with E-state index in [0.29, 0.717) is 5.56 Å². The van der Waals surface area contributed by atoms with Crippen molar-refractivity contribution < 1.29 is 14.3 Å². The van der Waals surface area contributed by atoms with Crippen LogP contribution in [0, 0.1) is 17.7 Å². The number of benzene rings is 1. The van der Waals surface area contributed by atoms with Gasteiger partial charge in [-0.25, -0.2) is 4.39 Å². The SMILES string of the molecule is CC(C)(C)NC(=O)c1ccc(C#CCO)cc1F. The standard InChI is InChI=1S/C14H16FNO2/c1-14(2,3)16-13(18)11-7-6-10(5-4-8-17)9-12(11)15/h6-7,9,17H,8H2,1-3H3,(H,16,18). The molecule has 0 bridgehead atoms. The van der Waals surface area contributed by atoms with Crippen LogP contribution in [0.3, 0.4) is 0 Å². The monoisotopic (exact) mass is 249 g/mol. The summed E-state index contributed by atoms with van der Waals surface area (Å²) < 4.78 is 13.7. The molecule has 0 saturated carbocycles. The summed E-state index contributed by atoms with van der Waals surface area (Å²) in [5.41, 5.74) is -0.00728. The van der Waals surface area contributed by atoms with Gasteiger partial charge in [0.15, 0.2) is 0 Å². The van der Waals surface area contributed by atoms with Gasteiger partial charge in [-0.15, -0.1) is 0 Å². The Hall–Kier alpha value is -1.86. The van der Waals surface area contributed by atoms with E-state index in [1.807, 2.05) is 20.8 Å². The molecule has 0 heterocycles. The van der Waals surface area contributed by atoms with Gasteiger partial charge in [0, 0.05) is 11.1 Å². The predicted molar refractivity (Wildman–Crippen MR) is 67.6 cm³/mol. The van der Waals surface area contributed by atoms with Crippen LogP contribution in [0.15, 0.2) is 18.2 Å². The van der Waals surface area contributed by atoms with Crippen LogP contribution in [0.2, 0.25) is 0 Å². The molecule has 0 aromatic heterocycles. The van der Waals surface area contributed by atoms with Gasteiger partial charge in [-0.3, -0.25) is 4.79 Å². The maximum atomic E-state index is 13.7. The molecular formula is C14H16FNO2. The van der Waals surface area contributed by atoms with Crippen molar-refractivity contribution in [3.63, 3.8) is 0 Å². The third-order valence-corrected chi connectivity index (χ3v) is 2.01. The Labute approximate surface area is 106 Å². The molecular weight excluding hydrogens is 233 g/mol. The molecule has 0 spiro atoms. The zero-order valence-electron chi connectivity index (χ0n) is 10.7. The number of carbonyl (C=O) groups is 1. The first-order valence-electron chi connectivity index (χ1n) is 5.55. The Balaban J connectivity index is 2.95. The Kier molecular flexibility index (Phi) is 4.46. The van der Waals surface area contributed by atoms with Crippen molar-refractivity contribution in [1.29, 1.82) is 0 Å². The second-order valence-electron chi connectivity index (χ2n) is 4.86. The Morgan fingerprint density at radius 2 is 2.11 bits per heavy atom. The van der Waals surface area contributed by atoms with Gasteiger partial charge in [0.05, 0.1) is 5.56 Å². The van der Waals surface area contributed by atoms with E-state index in [0.717, 1.165) is 0 Å². The van der Waals surface area contributed by atoms with Gasteiger partial charge in [-0.05, 0) is 39.0 Å². The zero-order valence-corrected chi connectivity index (χ0v) is 10.7. The number of aliphatic hydroxyl groups excluding tert-OH is 1. The van der Waals surface area contributed by atoms with E-state index in [1.54, 1.807) is 6.07 Å². The number of amides is 1. The van der Waals surface area contributed by atoms with E-state index in [2.05, 4.69) is 17.2 Å². The third-order valence-electron chi connectivity index (χ3n) is 2.01. The first kappa shape index (κ1) is 14.2. The van der Waals surface area contributed by atoms with Gasteiger partial charge >= 0.3 is 0 Å². The normalized spacial score (nSPS) is 10.5. The quantitative estimate of drug-likeness (QED) is 0.744. The summed E-state index contributed by atoms with van der Waals surface area (Å²) in [6.07, 6.45) is 0. The van der Waals surface area contributed by atoms with Gasteiger partial charge in [0.25, 0.3) is 5.91 Å². The van der Waals surface area contributed by atoms with E-state index in [9.17, 15) is 9.18 Å². The lowest BCUT2D eigenvalue weighted by Gasteiger charge is -2.20. The fourth-order valence-corrected chi connectivity index (χ4v) is 1.33. The lowest BCUT2D eigenvalue weighted by atomic mass is 10.1. The van der Waals surface area contributed by atoms with E-state index >= 15 is 0 Å². The average molecular weight is 249 g/mol. The van der Waals surface area contributed by atoms with Gasteiger partial charge < -0.3 is 10.4 Å². The van der Waals surface area contributed by atoms with Crippen molar-refractivity contribution in [3.05, 3.63) is 35.1 Å². The molecule has 96 valence electrons. The maximum Gasteiger partial charge on any atom is 0.254 e. The molecule has 18 heavy (non-hydrogen) atoms. The molecule has 1 aromatic carbocycles. The Morgan fingerprint density at radius 1 is 1.44 bits per heavy atom. The molecule has 1 rings (SSSR count). The average Bonchev–Trinajstić information content (AvgIpc) is 2.23. The van der Waals surface area contributed by atoms with Crippen LogP contribution in [0.5, 0.6) is 0 Å². The molecule has 0 fully saturated rings. The molecule has 0 radical (unpaired) electrons. The second kappa shape index (κ2) is 5.65. The summed E-state index contributed by atoms with van der Waals surface area (Å²) in [6, 6.07) is 4.11. The highest BCUT2D eigenvalue weighted by atomic mass is 19.1. The van der Waals surface area contributed by atoms with Crippen molar-refractivity contribution in [2.24, 2.45) is 0 Å². The van der Waals surface area contributed by atoms with Crippen molar-refractivity contribution in [1.82, 2.24) is 5.32 Å². The maximum absolute atomic E-state index is 13.7. The number of nitrogens with one attached hydrogen (secondary N) is 1. The molecule has 4 heteroatoms. The van der Waals surface area contributed by atoms with Crippen molar-refractivity contribution in [2.45, 2.75) is 26.3 Å². The first-order valence-corrected chi connectivity index (χ1v) is 5.55. The van der Waals surface area contributed by atoms with Crippen molar-refractivity contribution in [2.75, 3.05) is 6.61 Å². The minimum atomic E-state index is -0.624. The fraction of sp³-hybridized carbons (Fsp3) is 0.357. The van der Waals surface area contributed by atoms with E-state index in [1.165, 1.54) is 12.1 Å². The van der Waals surface area contributed by atoms with E-state index in [-0.39, 0.29) is 12.2 Å². The summed E-state index contributed by atoms with van der Waals surface area (Å²) in [7, 11) is 0. The molecule has 1 aromatic rings. The van der Waals surface area contributed by atoms with Crippen LogP contribution in [0.4, 0.5) is 4.39 Å². The molecule has 0 aliphatic rings. The molecule has 0 aliphatic carbocycles. The van der Waals surface area contributed by atoms with Gasteiger partial charge in [0.1, 0.15) is 12.4 Å². The summed E-state index contributed by atoms with van der Waals surface area (Å²) in [5.74, 6) is 3.91. The topological polar surface area (TPSA) is 49.3 Å². The highest BCUT2D eigenvalue weighted by Gasteiger charge is 2.18. The lowest BCUT2D eigenvalue weighted by Crippen LogP contribution is -2.40. The Morgan fingerprint density at radius 3 is 2.61 bits per heavy atom. The number of hydrogen-bond acceptors (Lipinski definition) is 2. The van der Waals surface area contributed by atoms with Gasteiger partial charge in [-0.2, -0.15) is 0 Å². The van der Waals surface area contributed by atoms with Gasteiger partial charge in [-0.1, -0.05) is 11.8 Å². The van der Waals surface area contributed by atoms with Gasteiger partial charge in [0.2, 0.25) is 0 Å². The number of aliphatic hydroxyl groups is 1. The lowest BCUT2D eigenvalue weighted by molar-refractivity contribution is 0.0915. The largest absolute Gasteiger partial charge is 0.384 e.